The lowest BCUT2D eigenvalue weighted by molar-refractivity contribution is 1.65. The van der Waals surface area contributed by atoms with Crippen molar-refractivity contribution in [3.63, 3.8) is 0 Å². The summed E-state index contributed by atoms with van der Waals surface area (Å²) in [6.45, 7) is 0. The number of thioether (sulfide) groups is 1. The van der Waals surface area contributed by atoms with Crippen LogP contribution in [0, 0.1) is 0 Å². The van der Waals surface area contributed by atoms with Gasteiger partial charge in [0.15, 0.2) is 0 Å². The molecule has 1 aromatic carbocycles. The zero-order valence-corrected chi connectivity index (χ0v) is 8.00. The molecule has 1 aliphatic rings. The molecule has 0 saturated heterocycles. The van der Waals surface area contributed by atoms with Crippen molar-refractivity contribution in [1.82, 2.24) is 0 Å². The van der Waals surface area contributed by atoms with E-state index in [0.29, 0.717) is 0 Å². The molecule has 0 aromatic heterocycles. The average molecular weight is 186 g/mol. The van der Waals surface area contributed by atoms with E-state index in [0.717, 1.165) is 0 Å². The molecule has 2 rings (SSSR count). The van der Waals surface area contributed by atoms with Crippen LogP contribution in [0.2, 0.25) is 0 Å². The van der Waals surface area contributed by atoms with Crippen LogP contribution < -0.4 is 0 Å². The standard InChI is InChI=1S/C12H10S/c1-2-6-11(7-3-1)10-12-8-4-5-9-13-12/h1-10H. The van der Waals surface area contributed by atoms with Crippen LogP contribution >= 0.6 is 11.8 Å². The second-order valence-corrected chi connectivity index (χ2v) is 3.74. The predicted molar refractivity (Wildman–Crippen MR) is 60.3 cm³/mol. The molecule has 0 bridgehead atoms. The Labute approximate surface area is 82.7 Å². The van der Waals surface area contributed by atoms with Gasteiger partial charge in [-0.25, -0.2) is 0 Å². The number of allylic oxidation sites excluding steroid dienone is 3. The van der Waals surface area contributed by atoms with E-state index < -0.39 is 0 Å². The van der Waals surface area contributed by atoms with Crippen LogP contribution in [0.25, 0.3) is 6.08 Å². The maximum atomic E-state index is 2.19. The van der Waals surface area contributed by atoms with Crippen molar-refractivity contribution in [3.8, 4) is 0 Å². The van der Waals surface area contributed by atoms with Crippen molar-refractivity contribution in [3.05, 3.63) is 64.4 Å². The first-order valence-electron chi connectivity index (χ1n) is 4.22. The SMILES string of the molecule is C1=CSC(=Cc2ccccc2)C=C1. The summed E-state index contributed by atoms with van der Waals surface area (Å²) >= 11 is 1.75. The molecule has 0 aliphatic carbocycles. The van der Waals surface area contributed by atoms with E-state index in [4.69, 9.17) is 0 Å². The zero-order chi connectivity index (χ0) is 8.93. The lowest BCUT2D eigenvalue weighted by atomic mass is 10.2. The Balaban J connectivity index is 2.21. The first kappa shape index (κ1) is 8.39. The van der Waals surface area contributed by atoms with Gasteiger partial charge in [-0.15, -0.1) is 0 Å². The van der Waals surface area contributed by atoms with E-state index in [1.165, 1.54) is 10.5 Å². The highest BCUT2D eigenvalue weighted by Crippen LogP contribution is 2.24. The molecule has 0 fully saturated rings. The van der Waals surface area contributed by atoms with Crippen LogP contribution in [0.4, 0.5) is 0 Å². The number of hydrogen-bond donors (Lipinski definition) is 0. The maximum absolute atomic E-state index is 2.19. The zero-order valence-electron chi connectivity index (χ0n) is 7.18. The Kier molecular flexibility index (Phi) is 2.68. The fourth-order valence-electron chi connectivity index (χ4n) is 1.15. The Morgan fingerprint density at radius 1 is 1.00 bits per heavy atom. The lowest BCUT2D eigenvalue weighted by Crippen LogP contribution is -1.74. The Morgan fingerprint density at radius 3 is 2.54 bits per heavy atom. The number of rotatable bonds is 1. The number of hydrogen-bond acceptors (Lipinski definition) is 1. The van der Waals surface area contributed by atoms with E-state index in [2.05, 4.69) is 47.9 Å². The summed E-state index contributed by atoms with van der Waals surface area (Å²) in [6.07, 6.45) is 8.42. The highest BCUT2D eigenvalue weighted by atomic mass is 32.2. The van der Waals surface area contributed by atoms with Crippen LogP contribution in [-0.2, 0) is 0 Å². The average Bonchev–Trinajstić information content (AvgIpc) is 2.21. The molecule has 0 atom stereocenters. The van der Waals surface area contributed by atoms with E-state index in [9.17, 15) is 0 Å². The summed E-state index contributed by atoms with van der Waals surface area (Å²) in [7, 11) is 0. The van der Waals surface area contributed by atoms with E-state index >= 15 is 0 Å². The van der Waals surface area contributed by atoms with Gasteiger partial charge in [-0.3, -0.25) is 0 Å². The lowest BCUT2D eigenvalue weighted by Gasteiger charge is -2.00. The molecule has 0 amide bonds. The molecule has 13 heavy (non-hydrogen) atoms. The molecule has 0 spiro atoms. The molecular formula is C12H10S. The van der Waals surface area contributed by atoms with Gasteiger partial charge in [-0.05, 0) is 23.1 Å². The topological polar surface area (TPSA) is 0 Å². The summed E-state index contributed by atoms with van der Waals surface area (Å²) < 4.78 is 0. The van der Waals surface area contributed by atoms with Gasteiger partial charge in [0, 0.05) is 4.91 Å². The van der Waals surface area contributed by atoms with Crippen molar-refractivity contribution in [2.75, 3.05) is 0 Å². The fraction of sp³-hybridized carbons (Fsp3) is 0. The predicted octanol–water partition coefficient (Wildman–Crippen LogP) is 3.84. The molecule has 0 N–H and O–H groups in total. The van der Waals surface area contributed by atoms with Gasteiger partial charge in [0.25, 0.3) is 0 Å². The van der Waals surface area contributed by atoms with Crippen molar-refractivity contribution in [1.29, 1.82) is 0 Å². The van der Waals surface area contributed by atoms with E-state index in [1.807, 2.05) is 12.1 Å². The van der Waals surface area contributed by atoms with Gasteiger partial charge in [0.2, 0.25) is 0 Å². The van der Waals surface area contributed by atoms with Gasteiger partial charge in [0.1, 0.15) is 0 Å². The molecule has 0 nitrogen and oxygen atoms in total. The van der Waals surface area contributed by atoms with Gasteiger partial charge in [0.05, 0.1) is 0 Å². The Hall–Kier alpha value is -1.21. The largest absolute Gasteiger partial charge is 0.0981 e. The minimum Gasteiger partial charge on any atom is -0.0981 e. The van der Waals surface area contributed by atoms with Gasteiger partial charge in [-0.2, -0.15) is 0 Å². The van der Waals surface area contributed by atoms with E-state index in [1.54, 1.807) is 11.8 Å². The summed E-state index contributed by atoms with van der Waals surface area (Å²) in [5, 5.41) is 2.09. The molecule has 0 unspecified atom stereocenters. The van der Waals surface area contributed by atoms with Crippen molar-refractivity contribution < 1.29 is 0 Å². The minimum absolute atomic E-state index is 1.25. The quantitative estimate of drug-likeness (QED) is 0.642. The Bertz CT molecular complexity index is 358. The molecule has 0 saturated carbocycles. The molecule has 0 radical (unpaired) electrons. The van der Waals surface area contributed by atoms with Gasteiger partial charge >= 0.3 is 0 Å². The summed E-state index contributed by atoms with van der Waals surface area (Å²) in [6, 6.07) is 10.4. The molecular weight excluding hydrogens is 176 g/mol. The first-order chi connectivity index (χ1) is 6.45. The Morgan fingerprint density at radius 2 is 1.85 bits per heavy atom. The maximum Gasteiger partial charge on any atom is 0.0122 e. The van der Waals surface area contributed by atoms with Crippen LogP contribution in [-0.4, -0.2) is 0 Å². The van der Waals surface area contributed by atoms with Crippen LogP contribution in [0.15, 0.2) is 58.9 Å². The second-order valence-electron chi connectivity index (χ2n) is 2.76. The van der Waals surface area contributed by atoms with Crippen molar-refractivity contribution in [2.24, 2.45) is 0 Å². The van der Waals surface area contributed by atoms with Crippen LogP contribution in [0.1, 0.15) is 5.56 Å². The van der Waals surface area contributed by atoms with Crippen LogP contribution in [0.5, 0.6) is 0 Å². The third-order valence-electron chi connectivity index (χ3n) is 1.76. The van der Waals surface area contributed by atoms with Gasteiger partial charge < -0.3 is 0 Å². The normalized spacial score (nSPS) is 18.0. The van der Waals surface area contributed by atoms with Crippen LogP contribution in [0.3, 0.4) is 0 Å². The summed E-state index contributed by atoms with van der Waals surface area (Å²) in [5.41, 5.74) is 1.25. The number of benzene rings is 1. The summed E-state index contributed by atoms with van der Waals surface area (Å²) in [4.78, 5) is 1.29. The first-order valence-corrected chi connectivity index (χ1v) is 5.10. The molecule has 1 heterocycles. The molecule has 64 valence electrons. The summed E-state index contributed by atoms with van der Waals surface area (Å²) in [5.74, 6) is 0. The third kappa shape index (κ3) is 2.36. The highest BCUT2D eigenvalue weighted by Gasteiger charge is 1.94. The monoisotopic (exact) mass is 186 g/mol. The molecule has 1 aromatic rings. The molecule has 1 aliphatic heterocycles. The van der Waals surface area contributed by atoms with Gasteiger partial charge in [-0.1, -0.05) is 54.2 Å². The third-order valence-corrected chi connectivity index (χ3v) is 2.58. The van der Waals surface area contributed by atoms with E-state index in [-0.39, 0.29) is 0 Å². The van der Waals surface area contributed by atoms with Crippen molar-refractivity contribution >= 4 is 17.8 Å². The molecule has 1 heteroatoms. The second kappa shape index (κ2) is 4.15. The smallest absolute Gasteiger partial charge is 0.0122 e. The van der Waals surface area contributed by atoms with Crippen molar-refractivity contribution in [2.45, 2.75) is 0 Å². The highest BCUT2D eigenvalue weighted by molar-refractivity contribution is 8.06. The fourth-order valence-corrected chi connectivity index (χ4v) is 1.84. The minimum atomic E-state index is 1.25.